The van der Waals surface area contributed by atoms with Crippen molar-refractivity contribution >= 4 is 21.8 Å². The van der Waals surface area contributed by atoms with Gasteiger partial charge in [-0.1, -0.05) is 41.9 Å². The number of ether oxygens (including phenoxy) is 2. The summed E-state index contributed by atoms with van der Waals surface area (Å²) in [6.07, 6.45) is 1.45. The van der Waals surface area contributed by atoms with Crippen LogP contribution in [0.2, 0.25) is 0 Å². The van der Waals surface area contributed by atoms with Crippen LogP contribution < -0.4 is 5.32 Å². The molecule has 1 amide bonds. The molecule has 2 aliphatic rings. The van der Waals surface area contributed by atoms with Crippen molar-refractivity contribution in [2.24, 2.45) is 5.92 Å². The Morgan fingerprint density at radius 2 is 1.70 bits per heavy atom. The van der Waals surface area contributed by atoms with E-state index in [1.165, 1.54) is 0 Å². The van der Waals surface area contributed by atoms with E-state index in [9.17, 15) is 4.79 Å². The minimum Gasteiger partial charge on any atom is -0.381 e. The van der Waals surface area contributed by atoms with Gasteiger partial charge in [-0.25, -0.2) is 0 Å². The van der Waals surface area contributed by atoms with E-state index in [-0.39, 0.29) is 5.91 Å². The molecule has 2 fully saturated rings. The molecule has 0 radical (unpaired) electrons. The lowest BCUT2D eigenvalue weighted by Crippen LogP contribution is -2.54. The number of nitrogens with zero attached hydrogens (tertiary/aromatic N) is 1. The Hall–Kier alpha value is -0.950. The maximum absolute atomic E-state index is 13.4. The Kier molecular flexibility index (Phi) is 7.31. The Labute approximate surface area is 170 Å². The summed E-state index contributed by atoms with van der Waals surface area (Å²) in [6.45, 7) is 9.80. The van der Waals surface area contributed by atoms with Gasteiger partial charge in [-0.3, -0.25) is 9.69 Å². The first-order valence-electron chi connectivity index (χ1n) is 9.97. The van der Waals surface area contributed by atoms with Crippen LogP contribution >= 0.6 is 15.9 Å². The van der Waals surface area contributed by atoms with Crippen molar-refractivity contribution in [1.29, 1.82) is 0 Å². The van der Waals surface area contributed by atoms with E-state index in [0.29, 0.717) is 31.7 Å². The Balaban J connectivity index is 1.73. The van der Waals surface area contributed by atoms with Gasteiger partial charge in [0, 0.05) is 43.4 Å². The molecule has 5 nitrogen and oxygen atoms in total. The molecular formula is C21H31BrN2O3. The standard InChI is InChI=1S/C21H31BrN2O3/c1-16(2)19(24-9-13-27-14-10-24)15-23-20(25)21(7-11-26-12-8-21)17-3-5-18(22)6-4-17/h3-6,16,19H,7-15H2,1-2H3,(H,23,25). The van der Waals surface area contributed by atoms with Gasteiger partial charge in [0.2, 0.25) is 5.91 Å². The van der Waals surface area contributed by atoms with Gasteiger partial charge in [-0.15, -0.1) is 0 Å². The molecule has 2 aliphatic heterocycles. The summed E-state index contributed by atoms with van der Waals surface area (Å²) in [5.74, 6) is 0.605. The van der Waals surface area contributed by atoms with Crippen LogP contribution in [0, 0.1) is 5.92 Å². The second-order valence-electron chi connectivity index (χ2n) is 7.87. The van der Waals surface area contributed by atoms with Crippen LogP contribution in [0.3, 0.4) is 0 Å². The first kappa shape index (κ1) is 20.8. The number of morpholine rings is 1. The van der Waals surface area contributed by atoms with Gasteiger partial charge in [0.15, 0.2) is 0 Å². The second-order valence-corrected chi connectivity index (χ2v) is 8.79. The van der Waals surface area contributed by atoms with E-state index >= 15 is 0 Å². The van der Waals surface area contributed by atoms with Crippen LogP contribution in [0.5, 0.6) is 0 Å². The molecular weight excluding hydrogens is 408 g/mol. The molecule has 0 saturated carbocycles. The highest BCUT2D eigenvalue weighted by molar-refractivity contribution is 9.10. The van der Waals surface area contributed by atoms with E-state index in [0.717, 1.165) is 49.2 Å². The number of hydrogen-bond donors (Lipinski definition) is 1. The zero-order valence-electron chi connectivity index (χ0n) is 16.4. The van der Waals surface area contributed by atoms with Crippen molar-refractivity contribution in [3.8, 4) is 0 Å². The number of benzene rings is 1. The van der Waals surface area contributed by atoms with Crippen LogP contribution in [-0.4, -0.2) is 62.9 Å². The van der Waals surface area contributed by atoms with Crippen molar-refractivity contribution in [1.82, 2.24) is 10.2 Å². The van der Waals surface area contributed by atoms with Gasteiger partial charge in [-0.2, -0.15) is 0 Å². The summed E-state index contributed by atoms with van der Waals surface area (Å²) in [6, 6.07) is 8.50. The first-order chi connectivity index (χ1) is 13.0. The smallest absolute Gasteiger partial charge is 0.230 e. The zero-order chi connectivity index (χ0) is 19.3. The van der Waals surface area contributed by atoms with Crippen molar-refractivity contribution in [2.45, 2.75) is 38.1 Å². The van der Waals surface area contributed by atoms with Crippen LogP contribution in [0.4, 0.5) is 0 Å². The van der Waals surface area contributed by atoms with Crippen molar-refractivity contribution < 1.29 is 14.3 Å². The molecule has 2 saturated heterocycles. The molecule has 0 aromatic heterocycles. The van der Waals surface area contributed by atoms with Crippen LogP contribution in [0.1, 0.15) is 32.3 Å². The predicted octanol–water partition coefficient (Wildman–Crippen LogP) is 2.97. The lowest BCUT2D eigenvalue weighted by Gasteiger charge is -2.39. The van der Waals surface area contributed by atoms with Crippen molar-refractivity contribution in [3.63, 3.8) is 0 Å². The highest BCUT2D eigenvalue weighted by atomic mass is 79.9. The summed E-state index contributed by atoms with van der Waals surface area (Å²) < 4.78 is 12.1. The van der Waals surface area contributed by atoms with E-state index in [4.69, 9.17) is 9.47 Å². The van der Waals surface area contributed by atoms with E-state index in [2.05, 4.69) is 52.1 Å². The average Bonchev–Trinajstić information content (AvgIpc) is 2.69. The molecule has 0 bridgehead atoms. The molecule has 3 rings (SSSR count). The monoisotopic (exact) mass is 438 g/mol. The molecule has 150 valence electrons. The van der Waals surface area contributed by atoms with Crippen LogP contribution in [0.25, 0.3) is 0 Å². The number of hydrogen-bond acceptors (Lipinski definition) is 4. The van der Waals surface area contributed by atoms with Gasteiger partial charge >= 0.3 is 0 Å². The van der Waals surface area contributed by atoms with E-state index in [1.807, 2.05) is 12.1 Å². The highest BCUT2D eigenvalue weighted by Gasteiger charge is 2.42. The van der Waals surface area contributed by atoms with Gasteiger partial charge in [0.1, 0.15) is 0 Å². The number of carbonyl (C=O) groups excluding carboxylic acids is 1. The SMILES string of the molecule is CC(C)C(CNC(=O)C1(c2ccc(Br)cc2)CCOCC1)N1CCOCC1. The summed E-state index contributed by atoms with van der Waals surface area (Å²) in [4.78, 5) is 15.8. The molecule has 27 heavy (non-hydrogen) atoms. The summed E-state index contributed by atoms with van der Waals surface area (Å²) in [5, 5.41) is 3.30. The highest BCUT2D eigenvalue weighted by Crippen LogP contribution is 2.36. The number of carbonyl (C=O) groups is 1. The van der Waals surface area contributed by atoms with Gasteiger partial charge in [0.05, 0.1) is 18.6 Å². The molecule has 0 spiro atoms. The molecule has 2 heterocycles. The molecule has 1 aromatic carbocycles. The van der Waals surface area contributed by atoms with E-state index < -0.39 is 5.41 Å². The lowest BCUT2D eigenvalue weighted by atomic mass is 9.73. The fourth-order valence-electron chi connectivity index (χ4n) is 4.20. The molecule has 1 atom stereocenters. The van der Waals surface area contributed by atoms with Gasteiger partial charge < -0.3 is 14.8 Å². The minimum atomic E-state index is -0.495. The lowest BCUT2D eigenvalue weighted by molar-refractivity contribution is -0.131. The molecule has 1 N–H and O–H groups in total. The maximum atomic E-state index is 13.4. The first-order valence-corrected chi connectivity index (χ1v) is 10.8. The van der Waals surface area contributed by atoms with Crippen LogP contribution in [-0.2, 0) is 19.7 Å². The Morgan fingerprint density at radius 1 is 1.11 bits per heavy atom. The number of halogens is 1. The third-order valence-corrected chi connectivity index (χ3v) is 6.46. The maximum Gasteiger partial charge on any atom is 0.230 e. The summed E-state index contributed by atoms with van der Waals surface area (Å²) in [7, 11) is 0. The quantitative estimate of drug-likeness (QED) is 0.741. The zero-order valence-corrected chi connectivity index (χ0v) is 18.0. The van der Waals surface area contributed by atoms with Gasteiger partial charge in [-0.05, 0) is 36.5 Å². The largest absolute Gasteiger partial charge is 0.381 e. The molecule has 1 aromatic rings. The van der Waals surface area contributed by atoms with Crippen molar-refractivity contribution in [2.75, 3.05) is 46.1 Å². The fourth-order valence-corrected chi connectivity index (χ4v) is 4.46. The normalized spacial score (nSPS) is 21.8. The second kappa shape index (κ2) is 9.50. The topological polar surface area (TPSA) is 50.8 Å². The molecule has 6 heteroatoms. The third-order valence-electron chi connectivity index (χ3n) is 5.93. The predicted molar refractivity (Wildman–Crippen MR) is 110 cm³/mol. The minimum absolute atomic E-state index is 0.132. The van der Waals surface area contributed by atoms with Gasteiger partial charge in [0.25, 0.3) is 0 Å². The van der Waals surface area contributed by atoms with Crippen LogP contribution in [0.15, 0.2) is 28.7 Å². The third kappa shape index (κ3) is 4.91. The Morgan fingerprint density at radius 3 is 2.30 bits per heavy atom. The number of amides is 1. The van der Waals surface area contributed by atoms with Crippen molar-refractivity contribution in [3.05, 3.63) is 34.3 Å². The molecule has 0 aliphatic carbocycles. The molecule has 1 unspecified atom stereocenters. The number of rotatable bonds is 6. The average molecular weight is 439 g/mol. The Bertz CT molecular complexity index is 608. The van der Waals surface area contributed by atoms with E-state index in [1.54, 1.807) is 0 Å². The number of nitrogens with one attached hydrogen (secondary N) is 1. The fraction of sp³-hybridized carbons (Fsp3) is 0.667. The summed E-state index contributed by atoms with van der Waals surface area (Å²) in [5.41, 5.74) is 0.588. The summed E-state index contributed by atoms with van der Waals surface area (Å²) >= 11 is 3.49.